The molecular weight excluding hydrogens is 196 g/mol. The molecule has 1 atom stereocenters. The molecule has 1 aliphatic rings. The molecule has 0 saturated heterocycles. The number of rotatable bonds is 4. The number of allylic oxidation sites excluding steroid dienone is 1. The van der Waals surface area contributed by atoms with Gasteiger partial charge in [-0.3, -0.25) is 4.99 Å². The maximum absolute atomic E-state index is 5.78. The summed E-state index contributed by atoms with van der Waals surface area (Å²) in [5.41, 5.74) is 5.78. The van der Waals surface area contributed by atoms with Crippen molar-refractivity contribution in [1.29, 1.82) is 0 Å². The van der Waals surface area contributed by atoms with Gasteiger partial charge in [-0.05, 0) is 25.7 Å². The van der Waals surface area contributed by atoms with E-state index in [-0.39, 0.29) is 0 Å². The van der Waals surface area contributed by atoms with Gasteiger partial charge in [-0.1, -0.05) is 31.9 Å². The van der Waals surface area contributed by atoms with Crippen molar-refractivity contribution in [3.8, 4) is 12.8 Å². The van der Waals surface area contributed by atoms with Gasteiger partial charge in [0.1, 0.15) is 0 Å². The van der Waals surface area contributed by atoms with Gasteiger partial charge < -0.3 is 5.73 Å². The number of unbranched alkanes of at least 4 members (excludes halogenated alkanes) is 1. The zero-order chi connectivity index (χ0) is 12.2. The minimum atomic E-state index is 0.450. The minimum absolute atomic E-state index is 0.450. The molecule has 0 aromatic rings. The quantitative estimate of drug-likeness (QED) is 0.573. The highest BCUT2D eigenvalue weighted by Gasteiger charge is 2.09. The number of hydrogen-bond acceptors (Lipinski definition) is 2. The number of aliphatic imine (C=N–C) groups is 1. The predicted molar refractivity (Wildman–Crippen MR) is 72.4 cm³/mol. The van der Waals surface area contributed by atoms with Gasteiger partial charge in [0, 0.05) is 6.42 Å². The molecule has 0 amide bonds. The molecule has 0 bridgehead atoms. The van der Waals surface area contributed by atoms with Gasteiger partial charge in [-0.15, -0.1) is 12.8 Å². The van der Waals surface area contributed by atoms with Crippen molar-refractivity contribution in [1.82, 2.24) is 0 Å². The largest absolute Gasteiger partial charge is 0.387 e. The monoisotopic (exact) mass is 220 g/mol. The van der Waals surface area contributed by atoms with Crippen LogP contribution in [0.3, 0.4) is 0 Å². The molecule has 2 nitrogen and oxygen atoms in total. The second-order valence-electron chi connectivity index (χ2n) is 4.02. The lowest BCUT2D eigenvalue weighted by atomic mass is 10.1. The Kier molecular flexibility index (Phi) is 9.50. The van der Waals surface area contributed by atoms with Crippen LogP contribution in [0.4, 0.5) is 0 Å². The first-order chi connectivity index (χ1) is 7.83. The number of terminal acetylenes is 1. The van der Waals surface area contributed by atoms with Crippen LogP contribution in [0.5, 0.6) is 0 Å². The Morgan fingerprint density at radius 3 is 2.81 bits per heavy atom. The summed E-state index contributed by atoms with van der Waals surface area (Å²) < 4.78 is 0. The van der Waals surface area contributed by atoms with Crippen molar-refractivity contribution in [2.24, 2.45) is 10.7 Å². The fourth-order valence-electron chi connectivity index (χ4n) is 1.76. The van der Waals surface area contributed by atoms with Crippen molar-refractivity contribution in [2.75, 3.05) is 0 Å². The maximum Gasteiger partial charge on any atom is 0.0940 e. The summed E-state index contributed by atoms with van der Waals surface area (Å²) in [6, 6.07) is 0.450. The zero-order valence-electron chi connectivity index (χ0n) is 10.4. The van der Waals surface area contributed by atoms with Crippen LogP contribution in [0.15, 0.2) is 17.1 Å². The van der Waals surface area contributed by atoms with Crippen LogP contribution in [0.2, 0.25) is 0 Å². The van der Waals surface area contributed by atoms with Gasteiger partial charge in [-0.25, -0.2) is 0 Å². The average molecular weight is 220 g/mol. The van der Waals surface area contributed by atoms with Crippen molar-refractivity contribution >= 4 is 5.84 Å². The Labute approximate surface area is 100 Å². The Morgan fingerprint density at radius 2 is 2.12 bits per heavy atom. The van der Waals surface area contributed by atoms with E-state index in [4.69, 9.17) is 5.73 Å². The van der Waals surface area contributed by atoms with E-state index in [1.807, 2.05) is 0 Å². The number of amidine groups is 1. The van der Waals surface area contributed by atoms with Crippen molar-refractivity contribution in [3.05, 3.63) is 12.2 Å². The first kappa shape index (κ1) is 14.8. The number of hydrogen-bond donors (Lipinski definition) is 1. The van der Waals surface area contributed by atoms with Gasteiger partial charge in [0.15, 0.2) is 0 Å². The van der Waals surface area contributed by atoms with E-state index >= 15 is 0 Å². The predicted octanol–water partition coefficient (Wildman–Crippen LogP) is 3.28. The number of nitrogens with two attached hydrogens (primary N) is 1. The van der Waals surface area contributed by atoms with E-state index in [2.05, 4.69) is 36.9 Å². The van der Waals surface area contributed by atoms with E-state index in [0.29, 0.717) is 6.04 Å². The third-order valence-electron chi connectivity index (χ3n) is 2.60. The lowest BCUT2D eigenvalue weighted by molar-refractivity contribution is 0.595. The fraction of sp³-hybridized carbons (Fsp3) is 0.643. The molecule has 2 heteroatoms. The molecule has 90 valence electrons. The summed E-state index contributed by atoms with van der Waals surface area (Å²) in [5, 5.41) is 0. The van der Waals surface area contributed by atoms with E-state index in [1.165, 1.54) is 32.1 Å². The molecule has 1 rings (SSSR count). The average Bonchev–Trinajstić information content (AvgIpc) is 2.52. The third-order valence-corrected chi connectivity index (χ3v) is 2.60. The minimum Gasteiger partial charge on any atom is -0.387 e. The highest BCUT2D eigenvalue weighted by Crippen LogP contribution is 2.15. The molecule has 2 N–H and O–H groups in total. The molecular formula is C14H24N2. The van der Waals surface area contributed by atoms with E-state index in [1.54, 1.807) is 0 Å². The Morgan fingerprint density at radius 1 is 1.38 bits per heavy atom. The van der Waals surface area contributed by atoms with Crippen LogP contribution in [0, 0.1) is 12.8 Å². The van der Waals surface area contributed by atoms with E-state index in [9.17, 15) is 0 Å². The maximum atomic E-state index is 5.78. The van der Waals surface area contributed by atoms with E-state index in [0.717, 1.165) is 18.7 Å². The molecule has 0 saturated carbocycles. The zero-order valence-corrected chi connectivity index (χ0v) is 10.4. The summed E-state index contributed by atoms with van der Waals surface area (Å²) in [4.78, 5) is 4.52. The van der Waals surface area contributed by atoms with Gasteiger partial charge >= 0.3 is 0 Å². The van der Waals surface area contributed by atoms with Crippen molar-refractivity contribution < 1.29 is 0 Å². The lowest BCUT2D eigenvalue weighted by Crippen LogP contribution is -2.13. The van der Waals surface area contributed by atoms with Crippen LogP contribution in [0.1, 0.15) is 51.9 Å². The SMILES string of the molecule is C#C.CCC/C=C\CC1CCCCC(N)=N1. The molecule has 0 spiro atoms. The molecule has 16 heavy (non-hydrogen) atoms. The normalized spacial score (nSPS) is 20.7. The topological polar surface area (TPSA) is 38.4 Å². The van der Waals surface area contributed by atoms with Gasteiger partial charge in [0.2, 0.25) is 0 Å². The van der Waals surface area contributed by atoms with Crippen LogP contribution < -0.4 is 5.73 Å². The van der Waals surface area contributed by atoms with Crippen LogP contribution in [-0.4, -0.2) is 11.9 Å². The third kappa shape index (κ3) is 7.11. The fourth-order valence-corrected chi connectivity index (χ4v) is 1.76. The number of nitrogens with zero attached hydrogens (tertiary/aromatic N) is 1. The molecule has 1 heterocycles. The highest BCUT2D eigenvalue weighted by atomic mass is 14.9. The summed E-state index contributed by atoms with van der Waals surface area (Å²) in [6.45, 7) is 2.20. The Bertz CT molecular complexity index is 238. The van der Waals surface area contributed by atoms with Gasteiger partial charge in [-0.2, -0.15) is 0 Å². The first-order valence-corrected chi connectivity index (χ1v) is 6.13. The molecule has 1 aliphatic heterocycles. The Hall–Kier alpha value is -1.23. The second kappa shape index (κ2) is 10.3. The molecule has 0 fully saturated rings. The lowest BCUT2D eigenvalue weighted by Gasteiger charge is -2.06. The van der Waals surface area contributed by atoms with Gasteiger partial charge in [0.25, 0.3) is 0 Å². The molecule has 0 aliphatic carbocycles. The van der Waals surface area contributed by atoms with Crippen LogP contribution in [-0.2, 0) is 0 Å². The van der Waals surface area contributed by atoms with E-state index < -0.39 is 0 Å². The van der Waals surface area contributed by atoms with Crippen molar-refractivity contribution in [2.45, 2.75) is 57.9 Å². The smallest absolute Gasteiger partial charge is 0.0940 e. The summed E-state index contributed by atoms with van der Waals surface area (Å²) in [6.07, 6.45) is 20.7. The molecule has 1 unspecified atom stereocenters. The molecule has 0 aromatic carbocycles. The van der Waals surface area contributed by atoms with Crippen LogP contribution >= 0.6 is 0 Å². The summed E-state index contributed by atoms with van der Waals surface area (Å²) in [5.74, 6) is 0.858. The first-order valence-electron chi connectivity index (χ1n) is 6.13. The summed E-state index contributed by atoms with van der Waals surface area (Å²) in [7, 11) is 0. The summed E-state index contributed by atoms with van der Waals surface area (Å²) >= 11 is 0. The van der Waals surface area contributed by atoms with Gasteiger partial charge in [0.05, 0.1) is 11.9 Å². The standard InChI is InChI=1S/C12H22N2.C2H2/c1-2-3-4-5-8-11-9-6-7-10-12(13)14-11;1-2/h4-5,11H,2-3,6-10H2,1H3,(H2,13,14);1-2H/b5-4-;. The molecule has 0 aromatic heterocycles. The van der Waals surface area contributed by atoms with Crippen LogP contribution in [0.25, 0.3) is 0 Å². The van der Waals surface area contributed by atoms with Crippen molar-refractivity contribution in [3.63, 3.8) is 0 Å². The second-order valence-corrected chi connectivity index (χ2v) is 4.02. The highest BCUT2D eigenvalue weighted by molar-refractivity contribution is 5.80. The molecule has 0 radical (unpaired) electrons. The Balaban J connectivity index is 0.00000106.